The second-order valence-electron chi connectivity index (χ2n) is 8.02. The Morgan fingerprint density at radius 3 is 2.56 bits per heavy atom. The van der Waals surface area contributed by atoms with Crippen LogP contribution in [0.15, 0.2) is 71.8 Å². The first-order valence-corrected chi connectivity index (χ1v) is 11.4. The van der Waals surface area contributed by atoms with E-state index in [1.54, 1.807) is 36.4 Å². The number of hydrogen-bond donors (Lipinski definition) is 3. The highest BCUT2D eigenvalue weighted by molar-refractivity contribution is 6.35. The molecule has 1 aliphatic rings. The van der Waals surface area contributed by atoms with E-state index in [4.69, 9.17) is 14.2 Å². The van der Waals surface area contributed by atoms with Crippen molar-refractivity contribution in [2.75, 3.05) is 18.7 Å². The summed E-state index contributed by atoms with van der Waals surface area (Å²) in [6.45, 7) is -0.311. The van der Waals surface area contributed by atoms with Gasteiger partial charge >= 0.3 is 18.0 Å². The van der Waals surface area contributed by atoms with E-state index in [-0.39, 0.29) is 24.8 Å². The van der Waals surface area contributed by atoms with Gasteiger partial charge in [-0.05, 0) is 48.0 Å². The Balaban J connectivity index is 1.26. The third-order valence-corrected chi connectivity index (χ3v) is 5.22. The molecule has 10 nitrogen and oxygen atoms in total. The molecular formula is C26H21F3N4O6. The lowest BCUT2D eigenvalue weighted by molar-refractivity contribution is -0.139. The number of nitrogens with one attached hydrogen (secondary N) is 3. The third kappa shape index (κ3) is 7.47. The minimum Gasteiger partial charge on any atom is -0.483 e. The summed E-state index contributed by atoms with van der Waals surface area (Å²) in [6.07, 6.45) is -3.33. The maximum Gasteiger partial charge on any atom is 0.416 e. The molecule has 3 aromatic carbocycles. The van der Waals surface area contributed by atoms with Crippen LogP contribution in [0.1, 0.15) is 16.7 Å². The number of carbonyl (C=O) groups is 3. The summed E-state index contributed by atoms with van der Waals surface area (Å²) in [5, 5.41) is 8.54. The van der Waals surface area contributed by atoms with E-state index in [1.807, 2.05) is 0 Å². The maximum absolute atomic E-state index is 12.9. The number of hydrazone groups is 1. The lowest BCUT2D eigenvalue weighted by atomic mass is 10.2. The number of halogens is 3. The SMILES string of the molecule is O=C(COc1ccccc1/C=N\NC(=O)C(=O)NCc1ccc2c(c1)OCO2)Nc1cccc(C(F)(F)F)c1. The fraction of sp³-hybridized carbons (Fsp3) is 0.154. The van der Waals surface area contributed by atoms with Crippen LogP contribution in [0.5, 0.6) is 17.2 Å². The van der Waals surface area contributed by atoms with Crippen LogP contribution in [0, 0.1) is 0 Å². The van der Waals surface area contributed by atoms with Gasteiger partial charge in [0, 0.05) is 17.8 Å². The van der Waals surface area contributed by atoms with E-state index in [0.717, 1.165) is 12.1 Å². The van der Waals surface area contributed by atoms with Crippen molar-refractivity contribution in [3.8, 4) is 17.2 Å². The molecule has 0 saturated heterocycles. The highest BCUT2D eigenvalue weighted by Gasteiger charge is 2.30. The predicted octanol–water partition coefficient (Wildman–Crippen LogP) is 3.22. The molecule has 39 heavy (non-hydrogen) atoms. The molecule has 0 aromatic heterocycles. The number of para-hydroxylation sites is 1. The molecule has 1 aliphatic heterocycles. The molecule has 0 bridgehead atoms. The zero-order valence-corrected chi connectivity index (χ0v) is 20.1. The zero-order chi connectivity index (χ0) is 27.8. The number of carbonyl (C=O) groups excluding carboxylic acids is 3. The molecule has 3 amide bonds. The molecule has 0 unspecified atom stereocenters. The smallest absolute Gasteiger partial charge is 0.416 e. The Hall–Kier alpha value is -5.07. The van der Waals surface area contributed by atoms with Gasteiger partial charge < -0.3 is 24.8 Å². The van der Waals surface area contributed by atoms with Crippen LogP contribution in [0.2, 0.25) is 0 Å². The molecule has 0 atom stereocenters. The molecule has 0 saturated carbocycles. The number of fused-ring (bicyclic) bond motifs is 1. The van der Waals surface area contributed by atoms with Crippen LogP contribution < -0.4 is 30.3 Å². The number of amides is 3. The van der Waals surface area contributed by atoms with Crippen molar-refractivity contribution >= 4 is 29.6 Å². The second-order valence-corrected chi connectivity index (χ2v) is 8.02. The Morgan fingerprint density at radius 2 is 1.74 bits per heavy atom. The average molecular weight is 542 g/mol. The monoisotopic (exact) mass is 542 g/mol. The highest BCUT2D eigenvalue weighted by atomic mass is 19.4. The number of anilines is 1. The summed E-state index contributed by atoms with van der Waals surface area (Å²) in [5.41, 5.74) is 2.23. The topological polar surface area (TPSA) is 127 Å². The Labute approximate surface area is 219 Å². The summed E-state index contributed by atoms with van der Waals surface area (Å²) in [7, 11) is 0. The molecule has 202 valence electrons. The Bertz CT molecular complexity index is 1410. The molecule has 13 heteroatoms. The van der Waals surface area contributed by atoms with Crippen molar-refractivity contribution < 1.29 is 41.8 Å². The maximum atomic E-state index is 12.9. The van der Waals surface area contributed by atoms with Crippen molar-refractivity contribution in [1.29, 1.82) is 0 Å². The molecule has 0 spiro atoms. The number of alkyl halides is 3. The van der Waals surface area contributed by atoms with Gasteiger partial charge in [-0.15, -0.1) is 0 Å². The molecule has 1 heterocycles. The summed E-state index contributed by atoms with van der Waals surface area (Å²) in [6, 6.07) is 15.7. The van der Waals surface area contributed by atoms with E-state index < -0.39 is 36.1 Å². The van der Waals surface area contributed by atoms with E-state index in [0.29, 0.717) is 22.6 Å². The summed E-state index contributed by atoms with van der Waals surface area (Å²) in [4.78, 5) is 36.3. The summed E-state index contributed by atoms with van der Waals surface area (Å²) in [5.74, 6) is -1.26. The fourth-order valence-electron chi connectivity index (χ4n) is 3.36. The third-order valence-electron chi connectivity index (χ3n) is 5.22. The molecule has 0 aliphatic carbocycles. The van der Waals surface area contributed by atoms with Crippen LogP contribution in [-0.4, -0.2) is 37.3 Å². The molecule has 0 radical (unpaired) electrons. The van der Waals surface area contributed by atoms with Crippen LogP contribution in [0.25, 0.3) is 0 Å². The first-order valence-electron chi connectivity index (χ1n) is 11.4. The number of benzene rings is 3. The lowest BCUT2D eigenvalue weighted by Gasteiger charge is -2.11. The van der Waals surface area contributed by atoms with Gasteiger partial charge in [-0.25, -0.2) is 5.43 Å². The average Bonchev–Trinajstić information content (AvgIpc) is 3.39. The van der Waals surface area contributed by atoms with Gasteiger partial charge in [-0.2, -0.15) is 18.3 Å². The number of hydrogen-bond acceptors (Lipinski definition) is 7. The van der Waals surface area contributed by atoms with Crippen molar-refractivity contribution in [1.82, 2.24) is 10.7 Å². The second kappa shape index (κ2) is 12.0. The van der Waals surface area contributed by atoms with Crippen LogP contribution in [-0.2, 0) is 27.1 Å². The minimum atomic E-state index is -4.54. The van der Waals surface area contributed by atoms with E-state index >= 15 is 0 Å². The molecular weight excluding hydrogens is 521 g/mol. The van der Waals surface area contributed by atoms with Crippen molar-refractivity contribution in [3.05, 3.63) is 83.4 Å². The van der Waals surface area contributed by atoms with Gasteiger partial charge in [0.1, 0.15) is 5.75 Å². The molecule has 4 rings (SSSR count). The van der Waals surface area contributed by atoms with Gasteiger partial charge in [0.15, 0.2) is 18.1 Å². The normalized spacial score (nSPS) is 12.2. The van der Waals surface area contributed by atoms with Crippen LogP contribution in [0.4, 0.5) is 18.9 Å². The quantitative estimate of drug-likeness (QED) is 0.228. The van der Waals surface area contributed by atoms with Gasteiger partial charge in [0.05, 0.1) is 11.8 Å². The van der Waals surface area contributed by atoms with Gasteiger partial charge in [-0.1, -0.05) is 24.3 Å². The Kier molecular flexibility index (Phi) is 8.29. The largest absolute Gasteiger partial charge is 0.483 e. The number of rotatable bonds is 8. The standard InChI is InChI=1S/C26H21F3N4O6/c27-26(28,29)18-5-3-6-19(11-18)32-23(34)14-37-20-7-2-1-4-17(20)13-31-33-25(36)24(35)30-12-16-8-9-21-22(10-16)39-15-38-21/h1-11,13H,12,14-15H2,(H,30,35)(H,32,34)(H,33,36)/b31-13-. The lowest BCUT2D eigenvalue weighted by Crippen LogP contribution is -2.37. The molecule has 3 N–H and O–H groups in total. The van der Waals surface area contributed by atoms with Gasteiger partial charge in [-0.3, -0.25) is 14.4 Å². The molecule has 3 aromatic rings. The van der Waals surface area contributed by atoms with Crippen LogP contribution in [0.3, 0.4) is 0 Å². The minimum absolute atomic E-state index is 0.0345. The Morgan fingerprint density at radius 1 is 0.949 bits per heavy atom. The van der Waals surface area contributed by atoms with Crippen molar-refractivity contribution in [2.24, 2.45) is 5.10 Å². The van der Waals surface area contributed by atoms with E-state index in [9.17, 15) is 27.6 Å². The first kappa shape index (κ1) is 27.0. The van der Waals surface area contributed by atoms with Gasteiger partial charge in [0.2, 0.25) is 6.79 Å². The fourth-order valence-corrected chi connectivity index (χ4v) is 3.36. The van der Waals surface area contributed by atoms with Crippen molar-refractivity contribution in [2.45, 2.75) is 12.7 Å². The number of ether oxygens (including phenoxy) is 3. The van der Waals surface area contributed by atoms with Crippen molar-refractivity contribution in [3.63, 3.8) is 0 Å². The predicted molar refractivity (Wildman–Crippen MR) is 132 cm³/mol. The summed E-state index contributed by atoms with van der Waals surface area (Å²) >= 11 is 0. The highest BCUT2D eigenvalue weighted by Crippen LogP contribution is 2.32. The van der Waals surface area contributed by atoms with E-state index in [2.05, 4.69) is 21.2 Å². The molecule has 0 fully saturated rings. The zero-order valence-electron chi connectivity index (χ0n) is 20.1. The number of nitrogens with zero attached hydrogens (tertiary/aromatic N) is 1. The van der Waals surface area contributed by atoms with E-state index in [1.165, 1.54) is 24.4 Å². The first-order chi connectivity index (χ1) is 18.7. The van der Waals surface area contributed by atoms with Crippen LogP contribution >= 0.6 is 0 Å². The summed E-state index contributed by atoms with van der Waals surface area (Å²) < 4.78 is 54.5. The van der Waals surface area contributed by atoms with Gasteiger partial charge in [0.25, 0.3) is 5.91 Å².